The maximum Gasteiger partial charge on any atom is 0.339 e. The summed E-state index contributed by atoms with van der Waals surface area (Å²) in [5, 5.41) is 12.0. The molecule has 0 bridgehead atoms. The van der Waals surface area contributed by atoms with Crippen molar-refractivity contribution >= 4 is 27.7 Å². The number of carbonyl (C=O) groups is 1. The third kappa shape index (κ3) is 5.01. The second kappa shape index (κ2) is 8.05. The molecular weight excluding hydrogens is 300 g/mol. The molecule has 100 valence electrons. The molecule has 0 aliphatic rings. The van der Waals surface area contributed by atoms with Crippen molar-refractivity contribution in [2.45, 2.75) is 19.8 Å². The predicted molar refractivity (Wildman–Crippen MR) is 73.1 cm³/mol. The van der Waals surface area contributed by atoms with Gasteiger partial charge in [-0.15, -0.1) is 0 Å². The normalized spacial score (nSPS) is 10.3. The summed E-state index contributed by atoms with van der Waals surface area (Å²) in [6.45, 7) is 4.12. The highest BCUT2D eigenvalue weighted by atomic mass is 79.9. The summed E-state index contributed by atoms with van der Waals surface area (Å²) >= 11 is 3.20. The second-order valence-corrected chi connectivity index (χ2v) is 4.66. The van der Waals surface area contributed by atoms with E-state index in [0.717, 1.165) is 19.4 Å². The lowest BCUT2D eigenvalue weighted by atomic mass is 10.2. The third-order valence-corrected chi connectivity index (χ3v) is 2.62. The molecule has 0 radical (unpaired) electrons. The van der Waals surface area contributed by atoms with Crippen LogP contribution in [0, 0.1) is 0 Å². The van der Waals surface area contributed by atoms with Gasteiger partial charge in [0.05, 0.1) is 0 Å². The number of aromatic nitrogens is 1. The van der Waals surface area contributed by atoms with Crippen molar-refractivity contribution in [3.05, 3.63) is 22.3 Å². The highest BCUT2D eigenvalue weighted by Gasteiger charge is 2.11. The largest absolute Gasteiger partial charge is 0.478 e. The summed E-state index contributed by atoms with van der Waals surface area (Å²) < 4.78 is 5.98. The molecule has 1 rings (SSSR count). The molecule has 0 spiro atoms. The van der Waals surface area contributed by atoms with Crippen molar-refractivity contribution in [1.29, 1.82) is 0 Å². The number of nitrogens with zero attached hydrogens (tertiary/aromatic N) is 1. The van der Waals surface area contributed by atoms with Crippen LogP contribution in [-0.2, 0) is 4.74 Å². The summed E-state index contributed by atoms with van der Waals surface area (Å²) in [6.07, 6.45) is 3.39. The summed E-state index contributed by atoms with van der Waals surface area (Å²) in [5.41, 5.74) is 0.166. The van der Waals surface area contributed by atoms with Crippen molar-refractivity contribution in [2.24, 2.45) is 0 Å². The van der Waals surface area contributed by atoms with Crippen LogP contribution >= 0.6 is 15.9 Å². The first-order valence-corrected chi connectivity index (χ1v) is 6.65. The summed E-state index contributed by atoms with van der Waals surface area (Å²) in [7, 11) is 0. The summed E-state index contributed by atoms with van der Waals surface area (Å²) in [5.74, 6) is -0.602. The number of hydrogen-bond acceptors (Lipinski definition) is 4. The van der Waals surface area contributed by atoms with Gasteiger partial charge in [-0.1, -0.05) is 6.92 Å². The van der Waals surface area contributed by atoms with E-state index < -0.39 is 5.97 Å². The quantitative estimate of drug-likeness (QED) is 0.721. The highest BCUT2D eigenvalue weighted by molar-refractivity contribution is 9.10. The molecule has 2 N–H and O–H groups in total. The van der Waals surface area contributed by atoms with Gasteiger partial charge in [-0.05, 0) is 34.8 Å². The molecule has 0 aromatic carbocycles. The molecule has 18 heavy (non-hydrogen) atoms. The number of rotatable bonds is 8. The van der Waals surface area contributed by atoms with Crippen LogP contribution in [0.1, 0.15) is 30.1 Å². The van der Waals surface area contributed by atoms with Crippen molar-refractivity contribution < 1.29 is 14.6 Å². The van der Waals surface area contributed by atoms with Crippen LogP contribution in [-0.4, -0.2) is 35.8 Å². The Labute approximate surface area is 115 Å². The van der Waals surface area contributed by atoms with E-state index in [2.05, 4.69) is 33.2 Å². The Bertz CT molecular complexity index is 399. The summed E-state index contributed by atoms with van der Waals surface area (Å²) in [4.78, 5) is 15.1. The number of carboxylic acids is 1. The Morgan fingerprint density at radius 2 is 2.33 bits per heavy atom. The fraction of sp³-hybridized carbons (Fsp3) is 0.500. The van der Waals surface area contributed by atoms with Crippen molar-refractivity contribution in [1.82, 2.24) is 4.98 Å². The van der Waals surface area contributed by atoms with Crippen molar-refractivity contribution in [2.75, 3.05) is 25.1 Å². The van der Waals surface area contributed by atoms with Crippen LogP contribution in [0.3, 0.4) is 0 Å². The van der Waals surface area contributed by atoms with Crippen LogP contribution in [0.5, 0.6) is 0 Å². The first-order chi connectivity index (χ1) is 8.65. The van der Waals surface area contributed by atoms with Crippen LogP contribution in [0.15, 0.2) is 16.7 Å². The van der Waals surface area contributed by atoms with Crippen LogP contribution < -0.4 is 5.32 Å². The molecule has 1 aromatic heterocycles. The molecule has 5 nitrogen and oxygen atoms in total. The Kier molecular flexibility index (Phi) is 6.67. The molecule has 0 saturated heterocycles. The number of halogens is 1. The summed E-state index contributed by atoms with van der Waals surface area (Å²) in [6, 6.07) is 1.53. The van der Waals surface area contributed by atoms with Gasteiger partial charge in [-0.2, -0.15) is 0 Å². The molecule has 0 aliphatic carbocycles. The first-order valence-electron chi connectivity index (χ1n) is 5.85. The van der Waals surface area contributed by atoms with Crippen LogP contribution in [0.25, 0.3) is 0 Å². The van der Waals surface area contributed by atoms with Crippen LogP contribution in [0.4, 0.5) is 5.82 Å². The zero-order valence-electron chi connectivity index (χ0n) is 10.3. The number of aromatic carboxylic acids is 1. The van der Waals surface area contributed by atoms with Gasteiger partial charge in [0.1, 0.15) is 11.4 Å². The maximum absolute atomic E-state index is 11.0. The molecule has 1 heterocycles. The van der Waals surface area contributed by atoms with Crippen molar-refractivity contribution in [3.63, 3.8) is 0 Å². The molecule has 0 fully saturated rings. The number of pyridine rings is 1. The third-order valence-electron chi connectivity index (χ3n) is 2.19. The van der Waals surface area contributed by atoms with Gasteiger partial charge in [0, 0.05) is 30.4 Å². The average molecular weight is 317 g/mol. The minimum atomic E-state index is -0.992. The first kappa shape index (κ1) is 14.9. The van der Waals surface area contributed by atoms with Gasteiger partial charge < -0.3 is 15.2 Å². The predicted octanol–water partition coefficient (Wildman–Crippen LogP) is 2.77. The van der Waals surface area contributed by atoms with Crippen LogP contribution in [0.2, 0.25) is 0 Å². The van der Waals surface area contributed by atoms with E-state index >= 15 is 0 Å². The Morgan fingerprint density at radius 3 is 3.00 bits per heavy atom. The minimum absolute atomic E-state index is 0.166. The van der Waals surface area contributed by atoms with E-state index in [-0.39, 0.29) is 5.56 Å². The Hall–Kier alpha value is -1.14. The second-order valence-electron chi connectivity index (χ2n) is 3.75. The molecule has 6 heteroatoms. The zero-order chi connectivity index (χ0) is 13.4. The van der Waals surface area contributed by atoms with E-state index in [1.165, 1.54) is 6.07 Å². The average Bonchev–Trinajstić information content (AvgIpc) is 2.35. The number of hydrogen-bond donors (Lipinski definition) is 2. The molecule has 0 aliphatic heterocycles. The van der Waals surface area contributed by atoms with E-state index in [9.17, 15) is 4.79 Å². The standard InChI is InChI=1S/C12H17BrN2O3/c1-2-5-18-6-3-4-14-11-10(12(16)17)7-9(13)8-15-11/h7-8H,2-6H2,1H3,(H,14,15)(H,16,17). The smallest absolute Gasteiger partial charge is 0.339 e. The monoisotopic (exact) mass is 316 g/mol. The molecule has 0 atom stereocenters. The van der Waals surface area contributed by atoms with E-state index in [1.54, 1.807) is 6.20 Å². The molecule has 0 saturated carbocycles. The van der Waals surface area contributed by atoms with E-state index in [4.69, 9.17) is 9.84 Å². The lowest BCUT2D eigenvalue weighted by Gasteiger charge is -2.08. The van der Waals surface area contributed by atoms with Gasteiger partial charge in [0.2, 0.25) is 0 Å². The minimum Gasteiger partial charge on any atom is -0.478 e. The van der Waals surface area contributed by atoms with E-state index in [1.807, 2.05) is 0 Å². The SMILES string of the molecule is CCCOCCCNc1ncc(Br)cc1C(=O)O. The fourth-order valence-electron chi connectivity index (χ4n) is 1.37. The highest BCUT2D eigenvalue weighted by Crippen LogP contribution is 2.17. The van der Waals surface area contributed by atoms with Gasteiger partial charge >= 0.3 is 5.97 Å². The van der Waals surface area contributed by atoms with Gasteiger partial charge in [0.25, 0.3) is 0 Å². The lowest BCUT2D eigenvalue weighted by molar-refractivity contribution is 0.0697. The lowest BCUT2D eigenvalue weighted by Crippen LogP contribution is -2.11. The Balaban J connectivity index is 2.44. The molecule has 0 amide bonds. The van der Waals surface area contributed by atoms with Crippen molar-refractivity contribution in [3.8, 4) is 0 Å². The Morgan fingerprint density at radius 1 is 1.56 bits per heavy atom. The number of anilines is 1. The molecular formula is C12H17BrN2O3. The van der Waals surface area contributed by atoms with Gasteiger partial charge in [0.15, 0.2) is 0 Å². The number of nitrogens with one attached hydrogen (secondary N) is 1. The zero-order valence-corrected chi connectivity index (χ0v) is 11.9. The number of carboxylic acid groups (broad SMARTS) is 1. The van der Waals surface area contributed by atoms with E-state index in [0.29, 0.717) is 23.4 Å². The van der Waals surface area contributed by atoms with Gasteiger partial charge in [-0.25, -0.2) is 9.78 Å². The molecule has 1 aromatic rings. The maximum atomic E-state index is 11.0. The van der Waals surface area contributed by atoms with Gasteiger partial charge in [-0.3, -0.25) is 0 Å². The molecule has 0 unspecified atom stereocenters. The number of ether oxygens (including phenoxy) is 1. The fourth-order valence-corrected chi connectivity index (χ4v) is 1.70. The topological polar surface area (TPSA) is 71.5 Å².